The number of carbonyl (C=O) groups is 1. The Balaban J connectivity index is 1.83. The molecule has 1 fully saturated rings. The molecule has 1 N–H and O–H groups in total. The topological polar surface area (TPSA) is 62.7 Å². The first-order valence-electron chi connectivity index (χ1n) is 7.52. The number of hydrogen-bond donors (Lipinski definition) is 1. The standard InChI is InChI=1S/C17H20N2O3/c1-22-13-2-3-16-15(10-13)14(4-7-18-16)17(21)11-19-8-5-12(20)6-9-19/h2-4,7,10,17,21H,5-6,8-9,11H2,1H3/t17-/m1/s1. The van der Waals surface area contributed by atoms with Crippen LogP contribution in [-0.2, 0) is 4.79 Å². The number of likely N-dealkylation sites (tertiary alicyclic amines) is 1. The van der Waals surface area contributed by atoms with Crippen LogP contribution in [-0.4, -0.2) is 47.5 Å². The second-order valence-corrected chi connectivity index (χ2v) is 5.64. The van der Waals surface area contributed by atoms with Crippen molar-refractivity contribution in [1.82, 2.24) is 9.88 Å². The largest absolute Gasteiger partial charge is 0.497 e. The first kappa shape index (κ1) is 14.9. The molecule has 22 heavy (non-hydrogen) atoms. The second-order valence-electron chi connectivity index (χ2n) is 5.64. The van der Waals surface area contributed by atoms with Gasteiger partial charge in [0.2, 0.25) is 0 Å². The van der Waals surface area contributed by atoms with Gasteiger partial charge in [0, 0.05) is 44.1 Å². The summed E-state index contributed by atoms with van der Waals surface area (Å²) in [7, 11) is 1.62. The Morgan fingerprint density at radius 3 is 2.82 bits per heavy atom. The molecule has 2 heterocycles. The van der Waals surface area contributed by atoms with Crippen LogP contribution in [0.15, 0.2) is 30.5 Å². The molecule has 0 bridgehead atoms. The maximum atomic E-state index is 11.3. The van der Waals surface area contributed by atoms with E-state index in [0.717, 1.165) is 35.3 Å². The smallest absolute Gasteiger partial charge is 0.135 e. The van der Waals surface area contributed by atoms with Gasteiger partial charge in [-0.15, -0.1) is 0 Å². The van der Waals surface area contributed by atoms with Crippen molar-refractivity contribution in [2.45, 2.75) is 18.9 Å². The van der Waals surface area contributed by atoms with Gasteiger partial charge in [0.05, 0.1) is 18.7 Å². The van der Waals surface area contributed by atoms with Crippen LogP contribution in [0.1, 0.15) is 24.5 Å². The maximum Gasteiger partial charge on any atom is 0.135 e. The van der Waals surface area contributed by atoms with Crippen molar-refractivity contribution in [2.75, 3.05) is 26.7 Å². The number of methoxy groups -OCH3 is 1. The van der Waals surface area contributed by atoms with Crippen LogP contribution in [0, 0.1) is 0 Å². The molecule has 1 atom stereocenters. The number of ether oxygens (including phenoxy) is 1. The molecule has 0 amide bonds. The van der Waals surface area contributed by atoms with Crippen molar-refractivity contribution < 1.29 is 14.6 Å². The molecule has 116 valence electrons. The maximum absolute atomic E-state index is 11.3. The summed E-state index contributed by atoms with van der Waals surface area (Å²) in [6, 6.07) is 7.51. The number of aliphatic hydroxyl groups excluding tert-OH is 1. The number of fused-ring (bicyclic) bond motifs is 1. The second kappa shape index (κ2) is 6.42. The van der Waals surface area contributed by atoms with Gasteiger partial charge in [-0.3, -0.25) is 14.7 Å². The van der Waals surface area contributed by atoms with E-state index >= 15 is 0 Å². The summed E-state index contributed by atoms with van der Waals surface area (Å²) in [4.78, 5) is 17.8. The molecule has 1 aromatic carbocycles. The fourth-order valence-electron chi connectivity index (χ4n) is 2.89. The average Bonchev–Trinajstić information content (AvgIpc) is 2.55. The number of ketones is 1. The lowest BCUT2D eigenvalue weighted by molar-refractivity contribution is -0.121. The first-order chi connectivity index (χ1) is 10.7. The van der Waals surface area contributed by atoms with Crippen LogP contribution < -0.4 is 4.74 Å². The minimum absolute atomic E-state index is 0.310. The van der Waals surface area contributed by atoms with Crippen LogP contribution in [0.4, 0.5) is 0 Å². The number of rotatable bonds is 4. The number of hydrogen-bond acceptors (Lipinski definition) is 5. The van der Waals surface area contributed by atoms with E-state index in [1.165, 1.54) is 0 Å². The zero-order valence-electron chi connectivity index (χ0n) is 12.7. The predicted octanol–water partition coefficient (Wildman–Crippen LogP) is 1.94. The third kappa shape index (κ3) is 3.10. The molecular formula is C17H20N2O3. The third-order valence-electron chi connectivity index (χ3n) is 4.19. The van der Waals surface area contributed by atoms with E-state index in [-0.39, 0.29) is 0 Å². The van der Waals surface area contributed by atoms with Gasteiger partial charge in [-0.1, -0.05) is 0 Å². The molecule has 5 nitrogen and oxygen atoms in total. The molecule has 1 aliphatic heterocycles. The van der Waals surface area contributed by atoms with Crippen LogP contribution in [0.5, 0.6) is 5.75 Å². The minimum Gasteiger partial charge on any atom is -0.497 e. The summed E-state index contributed by atoms with van der Waals surface area (Å²) in [6.07, 6.45) is 2.27. The molecule has 0 unspecified atom stereocenters. The number of aromatic nitrogens is 1. The zero-order chi connectivity index (χ0) is 15.5. The van der Waals surface area contributed by atoms with Gasteiger partial charge in [-0.2, -0.15) is 0 Å². The SMILES string of the molecule is COc1ccc2nccc([C@H](O)CN3CCC(=O)CC3)c2c1. The van der Waals surface area contributed by atoms with Gasteiger partial charge in [0.25, 0.3) is 0 Å². The fraction of sp³-hybridized carbons (Fsp3) is 0.412. The lowest BCUT2D eigenvalue weighted by Gasteiger charge is -2.28. The summed E-state index contributed by atoms with van der Waals surface area (Å²) in [6.45, 7) is 1.98. The van der Waals surface area contributed by atoms with E-state index in [0.29, 0.717) is 25.2 Å². The Morgan fingerprint density at radius 1 is 1.32 bits per heavy atom. The van der Waals surface area contributed by atoms with E-state index in [1.54, 1.807) is 13.3 Å². The minimum atomic E-state index is -0.606. The Bertz CT molecular complexity index is 677. The molecule has 0 radical (unpaired) electrons. The van der Waals surface area contributed by atoms with Crippen LogP contribution in [0.3, 0.4) is 0 Å². The van der Waals surface area contributed by atoms with Gasteiger partial charge >= 0.3 is 0 Å². The Hall–Kier alpha value is -1.98. The third-order valence-corrected chi connectivity index (χ3v) is 4.19. The summed E-state index contributed by atoms with van der Waals surface area (Å²) in [5, 5.41) is 11.5. The highest BCUT2D eigenvalue weighted by Crippen LogP contribution is 2.27. The number of pyridine rings is 1. The van der Waals surface area contributed by atoms with Crippen molar-refractivity contribution in [3.8, 4) is 5.75 Å². The van der Waals surface area contributed by atoms with Gasteiger partial charge in [-0.25, -0.2) is 0 Å². The van der Waals surface area contributed by atoms with Crippen LogP contribution in [0.2, 0.25) is 0 Å². The number of carbonyl (C=O) groups excluding carboxylic acids is 1. The molecule has 0 saturated carbocycles. The highest BCUT2D eigenvalue weighted by Gasteiger charge is 2.20. The molecular weight excluding hydrogens is 280 g/mol. The van der Waals surface area contributed by atoms with E-state index in [2.05, 4.69) is 9.88 Å². The van der Waals surface area contributed by atoms with Gasteiger partial charge in [0.15, 0.2) is 0 Å². The summed E-state index contributed by atoms with van der Waals surface area (Å²) in [5.74, 6) is 1.06. The first-order valence-corrected chi connectivity index (χ1v) is 7.52. The lowest BCUT2D eigenvalue weighted by Crippen LogP contribution is -2.36. The molecule has 0 spiro atoms. The highest BCUT2D eigenvalue weighted by molar-refractivity contribution is 5.84. The molecule has 5 heteroatoms. The molecule has 1 saturated heterocycles. The van der Waals surface area contributed by atoms with Gasteiger partial charge in [0.1, 0.15) is 11.5 Å². The number of aliphatic hydroxyl groups is 1. The predicted molar refractivity (Wildman–Crippen MR) is 83.9 cm³/mol. The Morgan fingerprint density at radius 2 is 2.09 bits per heavy atom. The molecule has 1 aliphatic rings. The summed E-state index contributed by atoms with van der Waals surface area (Å²) < 4.78 is 5.26. The number of piperidine rings is 1. The van der Waals surface area contributed by atoms with Crippen molar-refractivity contribution in [3.63, 3.8) is 0 Å². The van der Waals surface area contributed by atoms with E-state index in [9.17, 15) is 9.90 Å². The summed E-state index contributed by atoms with van der Waals surface area (Å²) >= 11 is 0. The average molecular weight is 300 g/mol. The van der Waals surface area contributed by atoms with E-state index in [4.69, 9.17) is 4.74 Å². The number of nitrogens with zero attached hydrogens (tertiary/aromatic N) is 2. The van der Waals surface area contributed by atoms with E-state index in [1.807, 2.05) is 24.3 Å². The lowest BCUT2D eigenvalue weighted by atomic mass is 10.0. The Labute approximate surface area is 129 Å². The molecule has 1 aromatic heterocycles. The highest BCUT2D eigenvalue weighted by atomic mass is 16.5. The number of benzene rings is 1. The number of Topliss-reactive ketones (excluding diaryl/α,β-unsaturated/α-hetero) is 1. The molecule has 2 aromatic rings. The molecule has 0 aliphatic carbocycles. The van der Waals surface area contributed by atoms with Crippen LogP contribution in [0.25, 0.3) is 10.9 Å². The molecule has 3 rings (SSSR count). The van der Waals surface area contributed by atoms with Crippen molar-refractivity contribution in [1.29, 1.82) is 0 Å². The van der Waals surface area contributed by atoms with E-state index < -0.39 is 6.10 Å². The Kier molecular flexibility index (Phi) is 4.36. The fourth-order valence-corrected chi connectivity index (χ4v) is 2.89. The van der Waals surface area contributed by atoms with Crippen molar-refractivity contribution in [2.24, 2.45) is 0 Å². The summed E-state index contributed by atoms with van der Waals surface area (Å²) in [5.41, 5.74) is 1.69. The van der Waals surface area contributed by atoms with Crippen molar-refractivity contribution in [3.05, 3.63) is 36.0 Å². The monoisotopic (exact) mass is 300 g/mol. The van der Waals surface area contributed by atoms with Gasteiger partial charge in [-0.05, 0) is 29.8 Å². The number of β-amino-alcohol motifs (C(OH)–C–C–N with tert-alkyl or cyclic N) is 1. The zero-order valence-corrected chi connectivity index (χ0v) is 12.7. The quantitative estimate of drug-likeness (QED) is 0.935. The van der Waals surface area contributed by atoms with Gasteiger partial charge < -0.3 is 9.84 Å². The normalized spacial score (nSPS) is 17.6. The van der Waals surface area contributed by atoms with Crippen LogP contribution >= 0.6 is 0 Å². The van der Waals surface area contributed by atoms with Crippen molar-refractivity contribution >= 4 is 16.7 Å².